The molecule has 0 unspecified atom stereocenters. The molecule has 0 saturated heterocycles. The number of ether oxygens (including phenoxy) is 2. The summed E-state index contributed by atoms with van der Waals surface area (Å²) >= 11 is 0. The Morgan fingerprint density at radius 1 is 0.889 bits per heavy atom. The fourth-order valence-corrected chi connectivity index (χ4v) is 2.95. The molecule has 4 rings (SSSR count). The Labute approximate surface area is 155 Å². The van der Waals surface area contributed by atoms with E-state index in [1.165, 1.54) is 7.11 Å². The number of benzene rings is 3. The number of para-hydroxylation sites is 1. The van der Waals surface area contributed by atoms with Crippen LogP contribution < -0.4 is 4.74 Å². The van der Waals surface area contributed by atoms with Gasteiger partial charge in [0.25, 0.3) is 0 Å². The molecular formula is C22H16O5. The van der Waals surface area contributed by atoms with Crippen LogP contribution in [0, 0.1) is 0 Å². The fourth-order valence-electron chi connectivity index (χ4n) is 2.95. The standard InChI is InChI=1S/C22H16O5/c1-25-20-11-15-7-3-2-6-14(15)10-17(20)22(24)26-13-18(23)21-12-16-8-4-5-9-19(16)27-21/h2-12H,13H2,1H3. The third-order valence-corrected chi connectivity index (χ3v) is 4.32. The minimum atomic E-state index is -0.623. The summed E-state index contributed by atoms with van der Waals surface area (Å²) < 4.78 is 16.0. The highest BCUT2D eigenvalue weighted by Crippen LogP contribution is 2.27. The van der Waals surface area contributed by atoms with Gasteiger partial charge < -0.3 is 13.9 Å². The molecule has 5 heteroatoms. The molecular weight excluding hydrogens is 344 g/mol. The minimum Gasteiger partial charge on any atom is -0.496 e. The van der Waals surface area contributed by atoms with Crippen molar-refractivity contribution in [2.75, 3.05) is 13.7 Å². The number of furan rings is 1. The van der Waals surface area contributed by atoms with Gasteiger partial charge in [-0.1, -0.05) is 42.5 Å². The summed E-state index contributed by atoms with van der Waals surface area (Å²) in [6, 6.07) is 20.0. The molecule has 3 aromatic carbocycles. The van der Waals surface area contributed by atoms with Crippen LogP contribution in [-0.2, 0) is 4.74 Å². The van der Waals surface area contributed by atoms with E-state index in [1.54, 1.807) is 24.3 Å². The van der Waals surface area contributed by atoms with Crippen molar-refractivity contribution in [1.29, 1.82) is 0 Å². The maximum absolute atomic E-state index is 12.5. The number of hydrogen-bond acceptors (Lipinski definition) is 5. The number of methoxy groups -OCH3 is 1. The van der Waals surface area contributed by atoms with E-state index in [4.69, 9.17) is 13.9 Å². The number of ketones is 1. The zero-order valence-electron chi connectivity index (χ0n) is 14.6. The van der Waals surface area contributed by atoms with E-state index >= 15 is 0 Å². The first-order chi connectivity index (χ1) is 13.2. The summed E-state index contributed by atoms with van der Waals surface area (Å²) in [6.07, 6.45) is 0. The molecule has 134 valence electrons. The monoisotopic (exact) mass is 360 g/mol. The van der Waals surface area contributed by atoms with Gasteiger partial charge in [0.2, 0.25) is 5.78 Å². The van der Waals surface area contributed by atoms with Gasteiger partial charge in [-0.15, -0.1) is 0 Å². The summed E-state index contributed by atoms with van der Waals surface area (Å²) in [7, 11) is 1.49. The number of hydrogen-bond donors (Lipinski definition) is 0. The van der Waals surface area contributed by atoms with Gasteiger partial charge in [0.15, 0.2) is 12.4 Å². The molecule has 5 nitrogen and oxygen atoms in total. The lowest BCUT2D eigenvalue weighted by atomic mass is 10.1. The smallest absolute Gasteiger partial charge is 0.342 e. The third kappa shape index (κ3) is 3.27. The summed E-state index contributed by atoms with van der Waals surface area (Å²) in [5.41, 5.74) is 0.886. The minimum absolute atomic E-state index is 0.162. The van der Waals surface area contributed by atoms with Crippen LogP contribution in [0.5, 0.6) is 5.75 Å². The lowest BCUT2D eigenvalue weighted by Gasteiger charge is -2.10. The molecule has 0 aliphatic rings. The van der Waals surface area contributed by atoms with Crippen molar-refractivity contribution in [3.63, 3.8) is 0 Å². The van der Waals surface area contributed by atoms with Crippen molar-refractivity contribution in [1.82, 2.24) is 0 Å². The van der Waals surface area contributed by atoms with Crippen LogP contribution in [0.25, 0.3) is 21.7 Å². The van der Waals surface area contributed by atoms with Gasteiger partial charge in [-0.25, -0.2) is 4.79 Å². The zero-order valence-corrected chi connectivity index (χ0v) is 14.6. The van der Waals surface area contributed by atoms with Crippen molar-refractivity contribution in [3.05, 3.63) is 78.1 Å². The molecule has 27 heavy (non-hydrogen) atoms. The van der Waals surface area contributed by atoms with E-state index in [0.29, 0.717) is 11.3 Å². The number of carbonyl (C=O) groups excluding carboxylic acids is 2. The number of esters is 1. The second kappa shape index (κ2) is 6.96. The van der Waals surface area contributed by atoms with Crippen molar-refractivity contribution in [2.45, 2.75) is 0 Å². The van der Waals surface area contributed by atoms with Crippen molar-refractivity contribution >= 4 is 33.5 Å². The van der Waals surface area contributed by atoms with E-state index in [1.807, 2.05) is 42.5 Å². The van der Waals surface area contributed by atoms with Gasteiger partial charge in [-0.05, 0) is 35.0 Å². The van der Waals surface area contributed by atoms with Crippen LogP contribution in [-0.4, -0.2) is 25.5 Å². The Morgan fingerprint density at radius 2 is 1.56 bits per heavy atom. The van der Waals surface area contributed by atoms with E-state index in [0.717, 1.165) is 16.2 Å². The summed E-state index contributed by atoms with van der Waals surface area (Å²) in [4.78, 5) is 24.8. The summed E-state index contributed by atoms with van der Waals surface area (Å²) in [5, 5.41) is 2.65. The van der Waals surface area contributed by atoms with Gasteiger partial charge in [-0.3, -0.25) is 4.79 Å². The first kappa shape index (κ1) is 16.8. The second-order valence-corrected chi connectivity index (χ2v) is 6.05. The van der Waals surface area contributed by atoms with E-state index < -0.39 is 18.4 Å². The van der Waals surface area contributed by atoms with Crippen LogP contribution in [0.2, 0.25) is 0 Å². The molecule has 4 aromatic rings. The molecule has 0 bridgehead atoms. The Bertz CT molecular complexity index is 1120. The number of rotatable bonds is 5. The molecule has 0 atom stereocenters. The van der Waals surface area contributed by atoms with Gasteiger partial charge in [-0.2, -0.15) is 0 Å². The van der Waals surface area contributed by atoms with Crippen LogP contribution in [0.3, 0.4) is 0 Å². The van der Waals surface area contributed by atoms with Crippen molar-refractivity contribution < 1.29 is 23.5 Å². The van der Waals surface area contributed by atoms with Crippen LogP contribution in [0.4, 0.5) is 0 Å². The molecule has 0 fully saturated rings. The van der Waals surface area contributed by atoms with Crippen LogP contribution >= 0.6 is 0 Å². The first-order valence-electron chi connectivity index (χ1n) is 8.41. The molecule has 0 radical (unpaired) electrons. The van der Waals surface area contributed by atoms with Gasteiger partial charge >= 0.3 is 5.97 Å². The van der Waals surface area contributed by atoms with Gasteiger partial charge in [0.05, 0.1) is 7.11 Å². The molecule has 1 heterocycles. The lowest BCUT2D eigenvalue weighted by Crippen LogP contribution is -2.14. The third-order valence-electron chi connectivity index (χ3n) is 4.32. The molecule has 0 aliphatic carbocycles. The molecule has 0 aliphatic heterocycles. The maximum Gasteiger partial charge on any atom is 0.342 e. The Hall–Kier alpha value is -3.60. The first-order valence-corrected chi connectivity index (χ1v) is 8.41. The summed E-state index contributed by atoms with van der Waals surface area (Å²) in [5.74, 6) is -0.467. The molecule has 0 N–H and O–H groups in total. The zero-order chi connectivity index (χ0) is 18.8. The topological polar surface area (TPSA) is 65.7 Å². The average Bonchev–Trinajstić information content (AvgIpc) is 3.15. The van der Waals surface area contributed by atoms with E-state index in [-0.39, 0.29) is 11.3 Å². The van der Waals surface area contributed by atoms with Crippen molar-refractivity contribution in [3.8, 4) is 5.75 Å². The average molecular weight is 360 g/mol. The predicted octanol–water partition coefficient (Wildman–Crippen LogP) is 4.63. The molecule has 0 saturated carbocycles. The normalized spacial score (nSPS) is 10.9. The Balaban J connectivity index is 1.53. The number of Topliss-reactive ketones (excluding diaryl/α,β-unsaturated/α-hetero) is 1. The Kier molecular flexibility index (Phi) is 4.34. The highest BCUT2D eigenvalue weighted by atomic mass is 16.5. The second-order valence-electron chi connectivity index (χ2n) is 6.05. The predicted molar refractivity (Wildman–Crippen MR) is 101 cm³/mol. The summed E-state index contributed by atoms with van der Waals surface area (Å²) in [6.45, 7) is -0.408. The molecule has 0 spiro atoms. The van der Waals surface area contributed by atoms with Gasteiger partial charge in [0, 0.05) is 5.39 Å². The van der Waals surface area contributed by atoms with Crippen molar-refractivity contribution in [2.24, 2.45) is 0 Å². The quantitative estimate of drug-likeness (QED) is 0.383. The maximum atomic E-state index is 12.5. The van der Waals surface area contributed by atoms with E-state index in [9.17, 15) is 9.59 Å². The number of carbonyl (C=O) groups is 2. The highest BCUT2D eigenvalue weighted by molar-refractivity contribution is 6.02. The largest absolute Gasteiger partial charge is 0.496 e. The highest BCUT2D eigenvalue weighted by Gasteiger charge is 2.19. The van der Waals surface area contributed by atoms with Crippen LogP contribution in [0.1, 0.15) is 20.9 Å². The number of fused-ring (bicyclic) bond motifs is 2. The van der Waals surface area contributed by atoms with Gasteiger partial charge in [0.1, 0.15) is 16.9 Å². The van der Waals surface area contributed by atoms with E-state index in [2.05, 4.69) is 0 Å². The molecule has 1 aromatic heterocycles. The lowest BCUT2D eigenvalue weighted by molar-refractivity contribution is 0.0465. The molecule has 0 amide bonds. The Morgan fingerprint density at radius 3 is 2.26 bits per heavy atom. The van der Waals surface area contributed by atoms with Crippen LogP contribution in [0.15, 0.2) is 71.1 Å². The SMILES string of the molecule is COc1cc2ccccc2cc1C(=O)OCC(=O)c1cc2ccccc2o1. The fraction of sp³-hybridized carbons (Fsp3) is 0.0909.